The third kappa shape index (κ3) is 4.93. The summed E-state index contributed by atoms with van der Waals surface area (Å²) in [5.41, 5.74) is 2.55. The molecule has 3 rings (SSSR count). The number of nitrogens with one attached hydrogen (secondary N) is 2. The van der Waals surface area contributed by atoms with Crippen LogP contribution in [-0.4, -0.2) is 24.5 Å². The maximum Gasteiger partial charge on any atom is 0.263 e. The molecule has 0 aliphatic rings. The van der Waals surface area contributed by atoms with Gasteiger partial charge in [-0.1, -0.05) is 36.8 Å². The van der Waals surface area contributed by atoms with E-state index in [9.17, 15) is 13.2 Å². The van der Waals surface area contributed by atoms with Crippen molar-refractivity contribution in [1.82, 2.24) is 10.2 Å². The van der Waals surface area contributed by atoms with Gasteiger partial charge in [0.2, 0.25) is 11.0 Å². The highest BCUT2D eigenvalue weighted by Gasteiger charge is 2.17. The minimum atomic E-state index is -3.72. The minimum Gasteiger partial charge on any atom is -0.326 e. The van der Waals surface area contributed by atoms with Gasteiger partial charge in [-0.2, -0.15) is 0 Å². The first-order valence-electron chi connectivity index (χ1n) is 8.70. The van der Waals surface area contributed by atoms with E-state index in [1.165, 1.54) is 6.92 Å². The molecule has 9 heteroatoms. The van der Waals surface area contributed by atoms with Crippen LogP contribution >= 0.6 is 11.3 Å². The van der Waals surface area contributed by atoms with Gasteiger partial charge in [0.05, 0.1) is 4.90 Å². The molecule has 0 aliphatic carbocycles. The summed E-state index contributed by atoms with van der Waals surface area (Å²) in [7, 11) is -3.72. The molecule has 0 radical (unpaired) electrons. The highest BCUT2D eigenvalue weighted by molar-refractivity contribution is 7.93. The average molecular weight is 417 g/mol. The monoisotopic (exact) mass is 416 g/mol. The summed E-state index contributed by atoms with van der Waals surface area (Å²) < 4.78 is 27.6. The van der Waals surface area contributed by atoms with Crippen molar-refractivity contribution in [3.05, 3.63) is 54.1 Å². The molecular formula is C19H20N4O3S2. The van der Waals surface area contributed by atoms with Crippen LogP contribution in [0, 0.1) is 0 Å². The van der Waals surface area contributed by atoms with Gasteiger partial charge in [-0.25, -0.2) is 8.42 Å². The SMILES string of the molecule is CCCc1ccc(S(=O)(=O)Nc2nnc(-c3ccc(NC(C)=O)cc3)s2)cc1. The summed E-state index contributed by atoms with van der Waals surface area (Å²) in [6.45, 7) is 3.51. The van der Waals surface area contributed by atoms with Gasteiger partial charge in [-0.05, 0) is 48.4 Å². The van der Waals surface area contributed by atoms with E-state index in [1.807, 2.05) is 12.1 Å². The van der Waals surface area contributed by atoms with Crippen LogP contribution in [0.1, 0.15) is 25.8 Å². The number of anilines is 2. The zero-order valence-corrected chi connectivity index (χ0v) is 17.1. The second-order valence-corrected chi connectivity index (χ2v) is 8.83. The van der Waals surface area contributed by atoms with Crippen molar-refractivity contribution in [3.8, 4) is 10.6 Å². The van der Waals surface area contributed by atoms with E-state index < -0.39 is 10.0 Å². The number of sulfonamides is 1. The Balaban J connectivity index is 1.73. The number of amides is 1. The van der Waals surface area contributed by atoms with Crippen LogP contribution in [0.5, 0.6) is 0 Å². The molecule has 0 fully saturated rings. The quantitative estimate of drug-likeness (QED) is 0.608. The molecule has 0 saturated heterocycles. The van der Waals surface area contributed by atoms with Crippen molar-refractivity contribution in [2.45, 2.75) is 31.6 Å². The summed E-state index contributed by atoms with van der Waals surface area (Å²) in [5, 5.41) is 11.4. The normalized spacial score (nSPS) is 11.2. The number of carbonyl (C=O) groups excluding carboxylic acids is 1. The van der Waals surface area contributed by atoms with E-state index in [4.69, 9.17) is 0 Å². The number of hydrogen-bond acceptors (Lipinski definition) is 6. The van der Waals surface area contributed by atoms with Crippen molar-refractivity contribution >= 4 is 38.1 Å². The topological polar surface area (TPSA) is 101 Å². The lowest BCUT2D eigenvalue weighted by molar-refractivity contribution is -0.114. The first-order valence-corrected chi connectivity index (χ1v) is 11.0. The molecule has 0 spiro atoms. The second-order valence-electron chi connectivity index (χ2n) is 6.17. The number of aromatic nitrogens is 2. The van der Waals surface area contributed by atoms with Crippen molar-refractivity contribution in [1.29, 1.82) is 0 Å². The molecule has 146 valence electrons. The fraction of sp³-hybridized carbons (Fsp3) is 0.211. The molecule has 1 amide bonds. The smallest absolute Gasteiger partial charge is 0.263 e. The number of aryl methyl sites for hydroxylation is 1. The van der Waals surface area contributed by atoms with Crippen molar-refractivity contribution in [2.24, 2.45) is 0 Å². The minimum absolute atomic E-state index is 0.150. The van der Waals surface area contributed by atoms with Gasteiger partial charge in [0.15, 0.2) is 0 Å². The van der Waals surface area contributed by atoms with Crippen LogP contribution in [0.4, 0.5) is 10.8 Å². The average Bonchev–Trinajstić information content (AvgIpc) is 3.10. The lowest BCUT2D eigenvalue weighted by Gasteiger charge is -2.05. The van der Waals surface area contributed by atoms with Crippen molar-refractivity contribution < 1.29 is 13.2 Å². The molecule has 3 aromatic rings. The molecule has 0 saturated carbocycles. The highest BCUT2D eigenvalue weighted by Crippen LogP contribution is 2.28. The van der Waals surface area contributed by atoms with Gasteiger partial charge in [0.1, 0.15) is 5.01 Å². The standard InChI is InChI=1S/C19H20N4O3S2/c1-3-4-14-5-11-17(12-6-14)28(25,26)23-19-22-21-18(27-19)15-7-9-16(10-8-15)20-13(2)24/h5-12H,3-4H2,1-2H3,(H,20,24)(H,22,23). The van der Waals surface area contributed by atoms with Gasteiger partial charge >= 0.3 is 0 Å². The lowest BCUT2D eigenvalue weighted by atomic mass is 10.1. The van der Waals surface area contributed by atoms with Crippen LogP contribution in [0.3, 0.4) is 0 Å². The Morgan fingerprint density at radius 3 is 2.32 bits per heavy atom. The Morgan fingerprint density at radius 2 is 1.71 bits per heavy atom. The van der Waals surface area contributed by atoms with Crippen molar-refractivity contribution in [2.75, 3.05) is 10.0 Å². The highest BCUT2D eigenvalue weighted by atomic mass is 32.2. The zero-order chi connectivity index (χ0) is 20.1. The molecule has 7 nitrogen and oxygen atoms in total. The van der Waals surface area contributed by atoms with Crippen LogP contribution in [0.25, 0.3) is 10.6 Å². The number of benzene rings is 2. The predicted octanol–water partition coefficient (Wildman–Crippen LogP) is 3.92. The summed E-state index contributed by atoms with van der Waals surface area (Å²) in [6.07, 6.45) is 1.91. The molecule has 1 heterocycles. The van der Waals surface area contributed by atoms with E-state index in [0.29, 0.717) is 10.7 Å². The number of hydrogen-bond donors (Lipinski definition) is 2. The lowest BCUT2D eigenvalue weighted by Crippen LogP contribution is -2.12. The molecule has 0 unspecified atom stereocenters. The molecule has 28 heavy (non-hydrogen) atoms. The van der Waals surface area contributed by atoms with Gasteiger partial charge in [-0.3, -0.25) is 9.52 Å². The maximum atomic E-state index is 12.6. The second kappa shape index (κ2) is 8.49. The van der Waals surface area contributed by atoms with Crippen LogP contribution in [-0.2, 0) is 21.2 Å². The Hall–Kier alpha value is -2.78. The Morgan fingerprint density at radius 1 is 1.04 bits per heavy atom. The first-order chi connectivity index (χ1) is 13.4. The van der Waals surface area contributed by atoms with E-state index in [-0.39, 0.29) is 15.9 Å². The van der Waals surface area contributed by atoms with Crippen LogP contribution in [0.15, 0.2) is 53.4 Å². The fourth-order valence-electron chi connectivity index (χ4n) is 2.58. The van der Waals surface area contributed by atoms with Gasteiger partial charge in [-0.15, -0.1) is 10.2 Å². The van der Waals surface area contributed by atoms with Crippen LogP contribution in [0.2, 0.25) is 0 Å². The molecule has 1 aromatic heterocycles. The number of nitrogens with zero attached hydrogens (tertiary/aromatic N) is 2. The molecule has 0 atom stereocenters. The summed E-state index contributed by atoms with van der Waals surface area (Å²) in [6, 6.07) is 13.9. The van der Waals surface area contributed by atoms with E-state index in [0.717, 1.165) is 35.3 Å². The van der Waals surface area contributed by atoms with Gasteiger partial charge in [0.25, 0.3) is 10.0 Å². The Kier molecular flexibility index (Phi) is 6.05. The maximum absolute atomic E-state index is 12.6. The molecule has 2 aromatic carbocycles. The molecular weight excluding hydrogens is 396 g/mol. The zero-order valence-electron chi connectivity index (χ0n) is 15.5. The van der Waals surface area contributed by atoms with Gasteiger partial charge in [0, 0.05) is 18.2 Å². The largest absolute Gasteiger partial charge is 0.326 e. The first kappa shape index (κ1) is 20.0. The van der Waals surface area contributed by atoms with Crippen LogP contribution < -0.4 is 10.0 Å². The summed E-state index contributed by atoms with van der Waals surface area (Å²) in [5.74, 6) is -0.150. The third-order valence-electron chi connectivity index (χ3n) is 3.87. The molecule has 0 aliphatic heterocycles. The number of rotatable bonds is 7. The molecule has 0 bridgehead atoms. The summed E-state index contributed by atoms with van der Waals surface area (Å²) in [4.78, 5) is 11.3. The Labute approximate surface area is 167 Å². The van der Waals surface area contributed by atoms with E-state index in [2.05, 4.69) is 27.2 Å². The number of carbonyl (C=O) groups is 1. The van der Waals surface area contributed by atoms with E-state index >= 15 is 0 Å². The summed E-state index contributed by atoms with van der Waals surface area (Å²) >= 11 is 1.14. The van der Waals surface area contributed by atoms with Gasteiger partial charge < -0.3 is 5.32 Å². The van der Waals surface area contributed by atoms with Crippen molar-refractivity contribution in [3.63, 3.8) is 0 Å². The Bertz CT molecular complexity index is 1060. The third-order valence-corrected chi connectivity index (χ3v) is 6.24. The predicted molar refractivity (Wildman–Crippen MR) is 111 cm³/mol. The fourth-order valence-corrected chi connectivity index (χ4v) is 4.56. The van der Waals surface area contributed by atoms with E-state index in [1.54, 1.807) is 36.4 Å². The molecule has 2 N–H and O–H groups in total.